The van der Waals surface area contributed by atoms with Crippen molar-refractivity contribution in [2.75, 3.05) is 13.7 Å². The lowest BCUT2D eigenvalue weighted by atomic mass is 10.3. The summed E-state index contributed by atoms with van der Waals surface area (Å²) in [4.78, 5) is 11.5. The number of hydrogen-bond donors (Lipinski definition) is 0. The highest BCUT2D eigenvalue weighted by Gasteiger charge is 2.07. The van der Waals surface area contributed by atoms with E-state index in [1.807, 2.05) is 24.3 Å². The van der Waals surface area contributed by atoms with Gasteiger partial charge in [0.1, 0.15) is 11.5 Å². The molecule has 1 aromatic carbocycles. The van der Waals surface area contributed by atoms with Crippen molar-refractivity contribution < 1.29 is 23.4 Å². The summed E-state index contributed by atoms with van der Waals surface area (Å²) in [7, 11) is 1.61. The molecule has 0 N–H and O–H groups in total. The number of carbonyl (C=O) groups is 1. The maximum Gasteiger partial charge on any atom is 0.306 e. The third kappa shape index (κ3) is 5.08. The molecule has 2 aromatic rings. The minimum atomic E-state index is -0.325. The number of hydrogen-bond acceptors (Lipinski definition) is 7. The summed E-state index contributed by atoms with van der Waals surface area (Å²) in [5, 5.41) is 7.39. The summed E-state index contributed by atoms with van der Waals surface area (Å²) in [6.07, 6.45) is 0.830. The van der Waals surface area contributed by atoms with Crippen molar-refractivity contribution in [1.29, 1.82) is 0 Å². The maximum atomic E-state index is 11.5. The number of aromatic nitrogens is 2. The van der Waals surface area contributed by atoms with Gasteiger partial charge < -0.3 is 18.6 Å². The molecule has 0 saturated heterocycles. The first-order chi connectivity index (χ1) is 10.7. The topological polar surface area (TPSA) is 83.7 Å². The molecule has 0 atom stereocenters. The summed E-state index contributed by atoms with van der Waals surface area (Å²) in [5.41, 5.74) is 0. The first kappa shape index (κ1) is 15.8. The first-order valence-corrected chi connectivity index (χ1v) is 6.89. The van der Waals surface area contributed by atoms with E-state index in [0.29, 0.717) is 24.8 Å². The molecule has 1 heterocycles. The minimum absolute atomic E-state index is 0.000982. The normalized spacial score (nSPS) is 10.3. The Morgan fingerprint density at radius 3 is 2.55 bits per heavy atom. The number of methoxy groups -OCH3 is 1. The predicted molar refractivity (Wildman–Crippen MR) is 76.6 cm³/mol. The van der Waals surface area contributed by atoms with Gasteiger partial charge in [0, 0.05) is 13.3 Å². The molecule has 0 amide bonds. The van der Waals surface area contributed by atoms with Gasteiger partial charge in [-0.2, -0.15) is 0 Å². The van der Waals surface area contributed by atoms with Crippen LogP contribution >= 0.6 is 0 Å². The van der Waals surface area contributed by atoms with Crippen LogP contribution in [-0.2, 0) is 16.1 Å². The van der Waals surface area contributed by atoms with Gasteiger partial charge >= 0.3 is 5.97 Å². The molecule has 0 aliphatic rings. The maximum absolute atomic E-state index is 11.5. The molecular formula is C15H18N2O5. The average Bonchev–Trinajstić information content (AvgIpc) is 2.96. The largest absolute Gasteiger partial charge is 0.497 e. The number of ether oxygens (including phenoxy) is 3. The number of nitrogens with zero attached hydrogens (tertiary/aromatic N) is 2. The highest BCUT2D eigenvalue weighted by atomic mass is 16.5. The van der Waals surface area contributed by atoms with Crippen LogP contribution in [0.3, 0.4) is 0 Å². The van der Waals surface area contributed by atoms with Crippen LogP contribution in [0.1, 0.15) is 24.6 Å². The van der Waals surface area contributed by atoms with Gasteiger partial charge in [-0.05, 0) is 30.7 Å². The number of carbonyl (C=O) groups excluding carboxylic acids is 1. The quantitative estimate of drug-likeness (QED) is 0.546. The zero-order valence-corrected chi connectivity index (χ0v) is 12.6. The van der Waals surface area contributed by atoms with Gasteiger partial charge in [0.05, 0.1) is 13.7 Å². The van der Waals surface area contributed by atoms with Crippen LogP contribution in [0.4, 0.5) is 0 Å². The summed E-state index contributed by atoms with van der Waals surface area (Å²) in [6.45, 7) is 2.11. The van der Waals surface area contributed by atoms with Crippen LogP contribution in [-0.4, -0.2) is 29.9 Å². The fourth-order valence-electron chi connectivity index (χ4n) is 1.69. The monoisotopic (exact) mass is 306 g/mol. The molecule has 1 aromatic heterocycles. The zero-order chi connectivity index (χ0) is 15.8. The van der Waals surface area contributed by atoms with Gasteiger partial charge in [-0.3, -0.25) is 4.79 Å². The zero-order valence-electron chi connectivity index (χ0n) is 12.6. The van der Waals surface area contributed by atoms with Gasteiger partial charge in [0.2, 0.25) is 5.89 Å². The van der Waals surface area contributed by atoms with E-state index in [1.54, 1.807) is 14.0 Å². The van der Waals surface area contributed by atoms with Crippen molar-refractivity contribution in [2.45, 2.75) is 26.4 Å². The van der Waals surface area contributed by atoms with E-state index in [1.165, 1.54) is 0 Å². The summed E-state index contributed by atoms with van der Waals surface area (Å²) >= 11 is 0. The number of aryl methyl sites for hydroxylation is 1. The SMILES string of the molecule is COc1ccc(OCCCC(=O)OCc2nnc(C)o2)cc1. The Morgan fingerprint density at radius 1 is 1.18 bits per heavy atom. The van der Waals surface area contributed by atoms with Crippen LogP contribution in [0.15, 0.2) is 28.7 Å². The Hall–Kier alpha value is -2.57. The lowest BCUT2D eigenvalue weighted by Gasteiger charge is -2.07. The molecule has 22 heavy (non-hydrogen) atoms. The van der Waals surface area contributed by atoms with Crippen LogP contribution in [0.2, 0.25) is 0 Å². The van der Waals surface area contributed by atoms with Gasteiger partial charge in [0.15, 0.2) is 6.61 Å². The number of benzene rings is 1. The Balaban J connectivity index is 1.60. The van der Waals surface area contributed by atoms with Crippen LogP contribution in [0.25, 0.3) is 0 Å². The van der Waals surface area contributed by atoms with Crippen LogP contribution in [0.5, 0.6) is 11.5 Å². The van der Waals surface area contributed by atoms with Crippen LogP contribution < -0.4 is 9.47 Å². The first-order valence-electron chi connectivity index (χ1n) is 6.89. The predicted octanol–water partition coefficient (Wildman–Crippen LogP) is 2.29. The Morgan fingerprint density at radius 2 is 1.91 bits per heavy atom. The second-order valence-corrected chi connectivity index (χ2v) is 4.50. The highest BCUT2D eigenvalue weighted by Crippen LogP contribution is 2.17. The van der Waals surface area contributed by atoms with Crippen molar-refractivity contribution in [3.63, 3.8) is 0 Å². The number of rotatable bonds is 8. The Labute approximate surface area is 128 Å². The molecule has 0 bridgehead atoms. The molecule has 0 unspecified atom stereocenters. The summed E-state index contributed by atoms with van der Waals surface area (Å²) in [6, 6.07) is 7.26. The van der Waals surface area contributed by atoms with Crippen molar-refractivity contribution >= 4 is 5.97 Å². The molecule has 7 heteroatoms. The second kappa shape index (κ2) is 8.02. The van der Waals surface area contributed by atoms with Crippen molar-refractivity contribution in [3.05, 3.63) is 36.0 Å². The van der Waals surface area contributed by atoms with Gasteiger partial charge in [-0.25, -0.2) is 0 Å². The van der Waals surface area contributed by atoms with Gasteiger partial charge in [-0.1, -0.05) is 0 Å². The lowest BCUT2D eigenvalue weighted by molar-refractivity contribution is -0.145. The van der Waals surface area contributed by atoms with E-state index in [4.69, 9.17) is 18.6 Å². The van der Waals surface area contributed by atoms with E-state index in [-0.39, 0.29) is 19.0 Å². The van der Waals surface area contributed by atoms with Crippen molar-refractivity contribution in [2.24, 2.45) is 0 Å². The van der Waals surface area contributed by atoms with Crippen molar-refractivity contribution in [3.8, 4) is 11.5 Å². The fraction of sp³-hybridized carbons (Fsp3) is 0.400. The highest BCUT2D eigenvalue weighted by molar-refractivity contribution is 5.69. The molecule has 7 nitrogen and oxygen atoms in total. The lowest BCUT2D eigenvalue weighted by Crippen LogP contribution is -2.07. The third-order valence-corrected chi connectivity index (χ3v) is 2.78. The van der Waals surface area contributed by atoms with Gasteiger partial charge in [0.25, 0.3) is 5.89 Å². The van der Waals surface area contributed by atoms with Gasteiger partial charge in [-0.15, -0.1) is 10.2 Å². The van der Waals surface area contributed by atoms with E-state index >= 15 is 0 Å². The van der Waals surface area contributed by atoms with Crippen molar-refractivity contribution in [1.82, 2.24) is 10.2 Å². The Bertz CT molecular complexity index is 594. The minimum Gasteiger partial charge on any atom is -0.497 e. The second-order valence-electron chi connectivity index (χ2n) is 4.50. The molecule has 0 aliphatic carbocycles. The molecule has 118 valence electrons. The van der Waals surface area contributed by atoms with E-state index in [2.05, 4.69) is 10.2 Å². The molecule has 0 radical (unpaired) electrons. The Kier molecular flexibility index (Phi) is 5.76. The molecule has 0 fully saturated rings. The third-order valence-electron chi connectivity index (χ3n) is 2.78. The van der Waals surface area contributed by atoms with Crippen LogP contribution in [0, 0.1) is 6.92 Å². The standard InChI is InChI=1S/C15H18N2O5/c1-11-16-17-14(22-11)10-21-15(18)4-3-9-20-13-7-5-12(19-2)6-8-13/h5-8H,3-4,9-10H2,1-2H3. The molecule has 0 spiro atoms. The fourth-order valence-corrected chi connectivity index (χ4v) is 1.69. The molecule has 2 rings (SSSR count). The molecule has 0 aliphatic heterocycles. The average molecular weight is 306 g/mol. The van der Waals surface area contributed by atoms with E-state index in [9.17, 15) is 4.79 Å². The summed E-state index contributed by atoms with van der Waals surface area (Å²) in [5.74, 6) is 1.91. The summed E-state index contributed by atoms with van der Waals surface area (Å²) < 4.78 is 20.7. The molecular weight excluding hydrogens is 288 g/mol. The van der Waals surface area contributed by atoms with E-state index in [0.717, 1.165) is 11.5 Å². The number of esters is 1. The smallest absolute Gasteiger partial charge is 0.306 e. The van der Waals surface area contributed by atoms with E-state index < -0.39 is 0 Å². The molecule has 0 saturated carbocycles.